The van der Waals surface area contributed by atoms with E-state index in [1.807, 2.05) is 0 Å². The van der Waals surface area contributed by atoms with E-state index in [-0.39, 0.29) is 0 Å². The Morgan fingerprint density at radius 1 is 0.800 bits per heavy atom. The van der Waals surface area contributed by atoms with Gasteiger partial charge in [0.1, 0.15) is 0 Å². The van der Waals surface area contributed by atoms with Crippen molar-refractivity contribution in [3.8, 4) is 11.8 Å². The lowest BCUT2D eigenvalue weighted by molar-refractivity contribution is 0.113. The smallest absolute Gasteiger partial charge is 0.160 e. The number of halogens is 2. The van der Waals surface area contributed by atoms with Gasteiger partial charge in [-0.05, 0) is 91.7 Å². The predicted molar refractivity (Wildman–Crippen MR) is 119 cm³/mol. The molecule has 30 heavy (non-hydrogen) atoms. The van der Waals surface area contributed by atoms with Crippen molar-refractivity contribution in [1.29, 1.82) is 0 Å². The lowest BCUT2D eigenvalue weighted by Gasteiger charge is -2.42. The summed E-state index contributed by atoms with van der Waals surface area (Å²) in [6.07, 6.45) is 12.5. The van der Waals surface area contributed by atoms with Crippen LogP contribution in [0.15, 0.2) is 42.5 Å². The summed E-state index contributed by atoms with van der Waals surface area (Å²) < 4.78 is 26.3. The van der Waals surface area contributed by atoms with E-state index in [1.54, 1.807) is 0 Å². The van der Waals surface area contributed by atoms with Crippen molar-refractivity contribution in [3.63, 3.8) is 0 Å². The Kier molecular flexibility index (Phi) is 6.88. The first kappa shape index (κ1) is 21.1. The van der Waals surface area contributed by atoms with E-state index in [2.05, 4.69) is 43.0 Å². The Balaban J connectivity index is 1.35. The monoisotopic (exact) mass is 406 g/mol. The van der Waals surface area contributed by atoms with Crippen LogP contribution in [0.2, 0.25) is 0 Å². The first-order chi connectivity index (χ1) is 14.6. The Hall–Kier alpha value is -2.14. The fourth-order valence-electron chi connectivity index (χ4n) is 5.60. The summed E-state index contributed by atoms with van der Waals surface area (Å²) in [4.78, 5) is 0. The fraction of sp³-hybridized carbons (Fsp3) is 0.500. The van der Waals surface area contributed by atoms with Gasteiger partial charge in [0.2, 0.25) is 0 Å². The third kappa shape index (κ3) is 5.12. The van der Waals surface area contributed by atoms with Gasteiger partial charge in [-0.25, -0.2) is 8.78 Å². The lowest BCUT2D eigenvalue weighted by Crippen LogP contribution is -2.30. The van der Waals surface area contributed by atoms with Crippen LogP contribution in [0.5, 0.6) is 0 Å². The third-order valence-corrected chi connectivity index (χ3v) is 7.34. The Bertz CT molecular complexity index is 902. The molecule has 0 bridgehead atoms. The van der Waals surface area contributed by atoms with Crippen LogP contribution < -0.4 is 0 Å². The quantitative estimate of drug-likeness (QED) is 0.453. The van der Waals surface area contributed by atoms with E-state index in [9.17, 15) is 8.78 Å². The highest BCUT2D eigenvalue weighted by Crippen LogP contribution is 2.48. The zero-order chi connectivity index (χ0) is 20.9. The highest BCUT2D eigenvalue weighted by atomic mass is 19.2. The molecule has 2 aliphatic rings. The van der Waals surface area contributed by atoms with Gasteiger partial charge in [-0.1, -0.05) is 56.6 Å². The number of hydrogen-bond donors (Lipinski definition) is 0. The maximum absolute atomic E-state index is 13.3. The molecule has 2 aromatic carbocycles. The molecule has 0 amide bonds. The maximum Gasteiger partial charge on any atom is 0.160 e. The minimum absolute atomic E-state index is 0.492. The van der Waals surface area contributed by atoms with Crippen molar-refractivity contribution in [2.24, 2.45) is 17.8 Å². The molecule has 0 saturated heterocycles. The van der Waals surface area contributed by atoms with Crippen LogP contribution in [0.4, 0.5) is 8.78 Å². The third-order valence-electron chi connectivity index (χ3n) is 7.34. The van der Waals surface area contributed by atoms with E-state index in [4.69, 9.17) is 0 Å². The standard InChI is InChI=1S/C28H32F2/c1-2-3-4-21-9-13-26-19-25(15-14-24(26)17-21)23-11-7-20(8-12-23)5-6-22-10-16-27(29)28(30)18-22/h7-8,10-12,16,18,21,24-26H,2-4,9,13-15,17,19H2,1H3/t21?,24-,25-,26-/m1/s1. The molecule has 4 rings (SSSR count). The van der Waals surface area contributed by atoms with E-state index in [0.717, 1.165) is 35.4 Å². The number of unbranched alkanes of at least 4 members (excludes halogenated alkanes) is 1. The van der Waals surface area contributed by atoms with Crippen LogP contribution in [-0.2, 0) is 0 Å². The van der Waals surface area contributed by atoms with E-state index in [1.165, 1.54) is 69.4 Å². The van der Waals surface area contributed by atoms with E-state index >= 15 is 0 Å². The molecule has 2 aromatic rings. The van der Waals surface area contributed by atoms with Crippen LogP contribution in [0.25, 0.3) is 0 Å². The van der Waals surface area contributed by atoms with E-state index < -0.39 is 11.6 Å². The minimum atomic E-state index is -0.854. The SMILES string of the molecule is CCCCC1CC[C@@H]2C[C@H](c3ccc(C#Cc4ccc(F)c(F)c4)cc3)CC[C@@H]2C1. The maximum atomic E-state index is 13.3. The van der Waals surface area contributed by atoms with Gasteiger partial charge in [0.25, 0.3) is 0 Å². The van der Waals surface area contributed by atoms with Gasteiger partial charge in [0, 0.05) is 11.1 Å². The molecule has 0 spiro atoms. The molecule has 0 N–H and O–H groups in total. The van der Waals surface area contributed by atoms with Crippen molar-refractivity contribution in [3.05, 3.63) is 70.8 Å². The summed E-state index contributed by atoms with van der Waals surface area (Å²) in [6.45, 7) is 2.30. The first-order valence-corrected chi connectivity index (χ1v) is 11.7. The van der Waals surface area contributed by atoms with Gasteiger partial charge in [0.05, 0.1) is 0 Å². The van der Waals surface area contributed by atoms with Crippen molar-refractivity contribution < 1.29 is 8.78 Å². The molecule has 158 valence electrons. The van der Waals surface area contributed by atoms with Crippen LogP contribution in [0.3, 0.4) is 0 Å². The van der Waals surface area contributed by atoms with Crippen molar-refractivity contribution >= 4 is 0 Å². The van der Waals surface area contributed by atoms with Crippen molar-refractivity contribution in [1.82, 2.24) is 0 Å². The summed E-state index contributed by atoms with van der Waals surface area (Å²) >= 11 is 0. The van der Waals surface area contributed by atoms with Crippen LogP contribution in [0, 0.1) is 41.2 Å². The van der Waals surface area contributed by atoms with Gasteiger partial charge in [0.15, 0.2) is 11.6 Å². The predicted octanol–water partition coefficient (Wildman–Crippen LogP) is 7.85. The average molecular weight is 407 g/mol. The highest BCUT2D eigenvalue weighted by Gasteiger charge is 2.35. The van der Waals surface area contributed by atoms with E-state index in [0.29, 0.717) is 11.5 Å². The number of benzene rings is 2. The molecule has 0 nitrogen and oxygen atoms in total. The first-order valence-electron chi connectivity index (χ1n) is 11.7. The number of hydrogen-bond acceptors (Lipinski definition) is 0. The topological polar surface area (TPSA) is 0 Å². The second-order valence-corrected chi connectivity index (χ2v) is 9.35. The van der Waals surface area contributed by atoms with Crippen molar-refractivity contribution in [2.45, 2.75) is 70.6 Å². The Morgan fingerprint density at radius 3 is 2.27 bits per heavy atom. The van der Waals surface area contributed by atoms with Gasteiger partial charge >= 0.3 is 0 Å². The molecular weight excluding hydrogens is 374 g/mol. The summed E-state index contributed by atoms with van der Waals surface area (Å²) in [7, 11) is 0. The number of rotatable bonds is 4. The molecule has 0 aliphatic heterocycles. The summed E-state index contributed by atoms with van der Waals surface area (Å²) in [6, 6.07) is 12.3. The second-order valence-electron chi connectivity index (χ2n) is 9.35. The van der Waals surface area contributed by atoms with Gasteiger partial charge in [-0.15, -0.1) is 0 Å². The molecule has 0 radical (unpaired) electrons. The zero-order valence-electron chi connectivity index (χ0n) is 18.0. The summed E-state index contributed by atoms with van der Waals surface area (Å²) in [5, 5.41) is 0. The highest BCUT2D eigenvalue weighted by molar-refractivity contribution is 5.44. The molecule has 2 heteroatoms. The van der Waals surface area contributed by atoms with Crippen LogP contribution >= 0.6 is 0 Å². The largest absolute Gasteiger partial charge is 0.204 e. The average Bonchev–Trinajstić information content (AvgIpc) is 2.78. The minimum Gasteiger partial charge on any atom is -0.204 e. The van der Waals surface area contributed by atoms with Gasteiger partial charge in [-0.3, -0.25) is 0 Å². The summed E-state index contributed by atoms with van der Waals surface area (Å²) in [5.74, 6) is 7.82. The van der Waals surface area contributed by atoms with Gasteiger partial charge in [-0.2, -0.15) is 0 Å². The molecule has 2 fully saturated rings. The van der Waals surface area contributed by atoms with Crippen molar-refractivity contribution in [2.75, 3.05) is 0 Å². The molecule has 0 aromatic heterocycles. The molecule has 2 aliphatic carbocycles. The Morgan fingerprint density at radius 2 is 1.50 bits per heavy atom. The second kappa shape index (κ2) is 9.78. The number of fused-ring (bicyclic) bond motifs is 1. The molecule has 4 atom stereocenters. The normalized spacial score (nSPS) is 25.8. The summed E-state index contributed by atoms with van der Waals surface area (Å²) in [5.41, 5.74) is 2.83. The zero-order valence-corrected chi connectivity index (χ0v) is 18.0. The van der Waals surface area contributed by atoms with Crippen LogP contribution in [0.1, 0.15) is 87.3 Å². The lowest BCUT2D eigenvalue weighted by atomic mass is 9.63. The van der Waals surface area contributed by atoms with Gasteiger partial charge < -0.3 is 0 Å². The molecule has 1 unspecified atom stereocenters. The molecule has 0 heterocycles. The van der Waals surface area contributed by atoms with Crippen LogP contribution in [-0.4, -0.2) is 0 Å². The Labute approximate surface area is 180 Å². The molecule has 2 saturated carbocycles. The fourth-order valence-corrected chi connectivity index (χ4v) is 5.60. The molecular formula is C28H32F2.